The molecule has 2 heterocycles. The van der Waals surface area contributed by atoms with Crippen molar-refractivity contribution in [2.45, 2.75) is 6.04 Å². The zero-order chi connectivity index (χ0) is 23.7. The van der Waals surface area contributed by atoms with Crippen molar-refractivity contribution in [2.75, 3.05) is 59.4 Å². The summed E-state index contributed by atoms with van der Waals surface area (Å²) in [7, 11) is 7.71. The summed E-state index contributed by atoms with van der Waals surface area (Å²) in [4.78, 5) is 31.6. The van der Waals surface area contributed by atoms with Gasteiger partial charge in [-0.25, -0.2) is 0 Å². The quantitative estimate of drug-likeness (QED) is 0.411. The third-order valence-electron chi connectivity index (χ3n) is 5.87. The molecule has 1 atom stereocenters. The lowest BCUT2D eigenvalue weighted by Crippen LogP contribution is -2.35. The van der Waals surface area contributed by atoms with E-state index in [1.807, 2.05) is 62.3 Å². The molecule has 0 radical (unpaired) electrons. The number of aliphatic hydroxyl groups excluding tert-OH is 1. The van der Waals surface area contributed by atoms with Gasteiger partial charge in [0.1, 0.15) is 19.0 Å². The Morgan fingerprint density at radius 3 is 2.30 bits per heavy atom. The normalized spacial score (nSPS) is 19.3. The number of ketones is 1. The van der Waals surface area contributed by atoms with Crippen LogP contribution in [0.25, 0.3) is 5.76 Å². The van der Waals surface area contributed by atoms with Crippen LogP contribution in [0, 0.1) is 0 Å². The van der Waals surface area contributed by atoms with Crippen molar-refractivity contribution in [1.29, 1.82) is 0 Å². The van der Waals surface area contributed by atoms with Gasteiger partial charge in [0.25, 0.3) is 11.7 Å². The molecule has 0 spiro atoms. The van der Waals surface area contributed by atoms with Crippen LogP contribution in [-0.4, -0.2) is 81.1 Å². The molecule has 1 saturated heterocycles. The maximum Gasteiger partial charge on any atom is 0.295 e. The number of nitrogens with zero attached hydrogens (tertiary/aromatic N) is 3. The third kappa shape index (κ3) is 4.39. The Balaban J connectivity index is 1.81. The molecule has 2 aliphatic rings. The van der Waals surface area contributed by atoms with Crippen molar-refractivity contribution in [3.63, 3.8) is 0 Å². The standard InChI is InChI=1S/C25H29N3O5/c1-26(2)11-12-28-22(16-5-8-18(9-6-16)27(3)4)21(24(30)25(28)31)23(29)17-7-10-19-20(15-17)33-14-13-32-19/h5-10,15,22,29H,11-14H2,1-4H3. The molecule has 0 aliphatic carbocycles. The van der Waals surface area contributed by atoms with Gasteiger partial charge in [-0.15, -0.1) is 0 Å². The molecule has 2 aliphatic heterocycles. The number of benzene rings is 2. The average Bonchev–Trinajstić information content (AvgIpc) is 3.06. The molecule has 0 saturated carbocycles. The number of hydrogen-bond donors (Lipinski definition) is 1. The van der Waals surface area contributed by atoms with Gasteiger partial charge >= 0.3 is 0 Å². The first-order chi connectivity index (χ1) is 15.8. The highest BCUT2D eigenvalue weighted by Crippen LogP contribution is 2.41. The molecule has 1 fully saturated rings. The number of hydrogen-bond acceptors (Lipinski definition) is 7. The number of carbonyl (C=O) groups excluding carboxylic acids is 2. The largest absolute Gasteiger partial charge is 0.507 e. The number of anilines is 1. The first-order valence-corrected chi connectivity index (χ1v) is 10.9. The lowest BCUT2D eigenvalue weighted by molar-refractivity contribution is -0.140. The first-order valence-electron chi connectivity index (χ1n) is 10.9. The molecule has 8 heteroatoms. The maximum absolute atomic E-state index is 13.1. The van der Waals surface area contributed by atoms with Crippen LogP contribution in [0.15, 0.2) is 48.0 Å². The second kappa shape index (κ2) is 9.15. The van der Waals surface area contributed by atoms with Gasteiger partial charge in [-0.2, -0.15) is 0 Å². The fourth-order valence-electron chi connectivity index (χ4n) is 4.07. The van der Waals surface area contributed by atoms with E-state index < -0.39 is 17.7 Å². The molecular formula is C25H29N3O5. The first kappa shape index (κ1) is 22.7. The van der Waals surface area contributed by atoms with E-state index in [0.717, 1.165) is 11.3 Å². The van der Waals surface area contributed by atoms with E-state index in [2.05, 4.69) is 0 Å². The SMILES string of the molecule is CN(C)CCN1C(=O)C(=O)C(=C(O)c2ccc3c(c2)OCCO3)C1c1ccc(N(C)C)cc1. The highest BCUT2D eigenvalue weighted by Gasteiger charge is 2.46. The van der Waals surface area contributed by atoms with Crippen LogP contribution < -0.4 is 14.4 Å². The van der Waals surface area contributed by atoms with Gasteiger partial charge in [-0.05, 0) is 50.0 Å². The Labute approximate surface area is 193 Å². The maximum atomic E-state index is 13.1. The van der Waals surface area contributed by atoms with E-state index in [9.17, 15) is 14.7 Å². The third-order valence-corrected chi connectivity index (χ3v) is 5.87. The Hall–Kier alpha value is -3.52. The second-order valence-electron chi connectivity index (χ2n) is 8.64. The highest BCUT2D eigenvalue weighted by atomic mass is 16.6. The molecule has 2 aromatic rings. The van der Waals surface area contributed by atoms with Crippen LogP contribution in [0.4, 0.5) is 5.69 Å². The van der Waals surface area contributed by atoms with Crippen molar-refractivity contribution < 1.29 is 24.2 Å². The van der Waals surface area contributed by atoms with Crippen LogP contribution in [0.5, 0.6) is 11.5 Å². The number of aliphatic hydroxyl groups is 1. The number of fused-ring (bicyclic) bond motifs is 1. The second-order valence-corrected chi connectivity index (χ2v) is 8.64. The summed E-state index contributed by atoms with van der Waals surface area (Å²) < 4.78 is 11.2. The predicted molar refractivity (Wildman–Crippen MR) is 126 cm³/mol. The fraction of sp³-hybridized carbons (Fsp3) is 0.360. The molecule has 33 heavy (non-hydrogen) atoms. The number of likely N-dealkylation sites (tertiary alicyclic amines) is 1. The van der Waals surface area contributed by atoms with Gasteiger partial charge < -0.3 is 29.3 Å². The van der Waals surface area contributed by atoms with E-state index in [-0.39, 0.29) is 11.3 Å². The van der Waals surface area contributed by atoms with E-state index in [4.69, 9.17) is 9.47 Å². The van der Waals surface area contributed by atoms with Crippen LogP contribution in [0.3, 0.4) is 0 Å². The average molecular weight is 452 g/mol. The summed E-state index contributed by atoms with van der Waals surface area (Å²) in [5, 5.41) is 11.2. The van der Waals surface area contributed by atoms with E-state index in [0.29, 0.717) is 43.4 Å². The van der Waals surface area contributed by atoms with Gasteiger partial charge in [0, 0.05) is 38.4 Å². The monoisotopic (exact) mass is 451 g/mol. The lowest BCUT2D eigenvalue weighted by atomic mass is 9.95. The molecule has 2 aromatic carbocycles. The minimum Gasteiger partial charge on any atom is -0.507 e. The van der Waals surface area contributed by atoms with Gasteiger partial charge in [-0.3, -0.25) is 9.59 Å². The van der Waals surface area contributed by atoms with Crippen molar-refractivity contribution in [1.82, 2.24) is 9.80 Å². The summed E-state index contributed by atoms with van der Waals surface area (Å²) in [6.45, 7) is 1.81. The topological polar surface area (TPSA) is 82.6 Å². The van der Waals surface area contributed by atoms with Crippen molar-refractivity contribution in [2.24, 2.45) is 0 Å². The summed E-state index contributed by atoms with van der Waals surface area (Å²) >= 11 is 0. The summed E-state index contributed by atoms with van der Waals surface area (Å²) in [5.41, 5.74) is 2.24. The molecule has 174 valence electrons. The molecule has 8 nitrogen and oxygen atoms in total. The van der Waals surface area contributed by atoms with Crippen LogP contribution >= 0.6 is 0 Å². The number of likely N-dealkylation sites (N-methyl/N-ethyl adjacent to an activating group) is 1. The number of carbonyl (C=O) groups is 2. The Kier molecular flexibility index (Phi) is 6.29. The Bertz CT molecular complexity index is 1090. The predicted octanol–water partition coefficient (Wildman–Crippen LogP) is 2.51. The van der Waals surface area contributed by atoms with Crippen LogP contribution in [0.2, 0.25) is 0 Å². The number of ether oxygens (including phenoxy) is 2. The van der Waals surface area contributed by atoms with Crippen LogP contribution in [-0.2, 0) is 9.59 Å². The zero-order valence-corrected chi connectivity index (χ0v) is 19.4. The van der Waals surface area contributed by atoms with Gasteiger partial charge in [-0.1, -0.05) is 12.1 Å². The molecular weight excluding hydrogens is 422 g/mol. The van der Waals surface area contributed by atoms with E-state index in [1.165, 1.54) is 4.90 Å². The highest BCUT2D eigenvalue weighted by molar-refractivity contribution is 6.46. The van der Waals surface area contributed by atoms with Crippen molar-refractivity contribution in [3.8, 4) is 11.5 Å². The lowest BCUT2D eigenvalue weighted by Gasteiger charge is -2.27. The smallest absolute Gasteiger partial charge is 0.295 e. The summed E-state index contributed by atoms with van der Waals surface area (Å²) in [6.07, 6.45) is 0. The number of rotatable bonds is 6. The molecule has 4 rings (SSSR count). The van der Waals surface area contributed by atoms with E-state index >= 15 is 0 Å². The van der Waals surface area contributed by atoms with Crippen molar-refractivity contribution >= 4 is 23.1 Å². The molecule has 0 aromatic heterocycles. The van der Waals surface area contributed by atoms with Crippen molar-refractivity contribution in [3.05, 3.63) is 59.2 Å². The Morgan fingerprint density at radius 2 is 1.67 bits per heavy atom. The fourth-order valence-corrected chi connectivity index (χ4v) is 4.07. The number of Topliss-reactive ketones (excluding diaryl/α,β-unsaturated/α-hetero) is 1. The molecule has 1 amide bonds. The van der Waals surface area contributed by atoms with Gasteiger partial charge in [0.2, 0.25) is 0 Å². The zero-order valence-electron chi connectivity index (χ0n) is 19.4. The van der Waals surface area contributed by atoms with Gasteiger partial charge in [0.15, 0.2) is 11.5 Å². The Morgan fingerprint density at radius 1 is 1.00 bits per heavy atom. The summed E-state index contributed by atoms with van der Waals surface area (Å²) in [6, 6.07) is 12.0. The minimum absolute atomic E-state index is 0.0769. The summed E-state index contributed by atoms with van der Waals surface area (Å²) in [5.74, 6) is -0.445. The number of amides is 1. The molecule has 1 unspecified atom stereocenters. The van der Waals surface area contributed by atoms with Gasteiger partial charge in [0.05, 0.1) is 11.6 Å². The molecule has 0 bridgehead atoms. The molecule has 1 N–H and O–H groups in total. The minimum atomic E-state index is -0.692. The van der Waals surface area contributed by atoms with Crippen LogP contribution in [0.1, 0.15) is 17.2 Å². The van der Waals surface area contributed by atoms with E-state index in [1.54, 1.807) is 18.2 Å².